The van der Waals surface area contributed by atoms with E-state index in [1.54, 1.807) is 23.1 Å². The molecule has 11 heavy (non-hydrogen) atoms. The van der Waals surface area contributed by atoms with Gasteiger partial charge in [0, 0.05) is 5.56 Å². The summed E-state index contributed by atoms with van der Waals surface area (Å²) in [6, 6.07) is 2.00. The summed E-state index contributed by atoms with van der Waals surface area (Å²) in [4.78, 5) is 0. The third-order valence-electron chi connectivity index (χ3n) is 1.59. The Morgan fingerprint density at radius 2 is 2.45 bits per heavy atom. The van der Waals surface area contributed by atoms with Crippen LogP contribution in [0.15, 0.2) is 15.7 Å². The molecular weight excluding hydrogens is 176 g/mol. The lowest BCUT2D eigenvalue weighted by Crippen LogP contribution is -1.93. The van der Waals surface area contributed by atoms with Crippen molar-refractivity contribution in [1.82, 2.24) is 0 Å². The molecule has 1 atom stereocenters. The van der Waals surface area contributed by atoms with Crippen molar-refractivity contribution >= 4 is 23.1 Å². The summed E-state index contributed by atoms with van der Waals surface area (Å²) in [5.41, 5.74) is 1.09. The fraction of sp³-hybridized carbons (Fsp3) is 0.500. The van der Waals surface area contributed by atoms with Crippen molar-refractivity contribution in [3.63, 3.8) is 0 Å². The Morgan fingerprint density at radius 1 is 1.73 bits per heavy atom. The van der Waals surface area contributed by atoms with Gasteiger partial charge in [-0.2, -0.15) is 0 Å². The third-order valence-corrected chi connectivity index (χ3v) is 3.71. The molecule has 1 unspecified atom stereocenters. The fourth-order valence-corrected chi connectivity index (χ4v) is 2.61. The summed E-state index contributed by atoms with van der Waals surface area (Å²) in [6.45, 7) is 1.99. The predicted octanol–water partition coefficient (Wildman–Crippen LogP) is 2.91. The van der Waals surface area contributed by atoms with Crippen LogP contribution in [0.5, 0.6) is 0 Å². The van der Waals surface area contributed by atoms with Crippen LogP contribution < -0.4 is 0 Å². The van der Waals surface area contributed by atoms with Crippen LogP contribution in [0.25, 0.3) is 0 Å². The normalized spacial score (nSPS) is 13.4. The van der Waals surface area contributed by atoms with Crippen molar-refractivity contribution in [2.24, 2.45) is 0 Å². The average Bonchev–Trinajstić information content (AvgIpc) is 2.50. The second-order valence-electron chi connectivity index (χ2n) is 2.29. The van der Waals surface area contributed by atoms with Gasteiger partial charge in [0.1, 0.15) is 0 Å². The summed E-state index contributed by atoms with van der Waals surface area (Å²) in [7, 11) is 0. The number of thioether (sulfide) groups is 1. The number of hydrogen-bond acceptors (Lipinski definition) is 3. The maximum absolute atomic E-state index is 9.52. The molecule has 0 aliphatic carbocycles. The molecule has 1 nitrogen and oxygen atoms in total. The van der Waals surface area contributed by atoms with Gasteiger partial charge in [0.25, 0.3) is 0 Å². The lowest BCUT2D eigenvalue weighted by molar-refractivity contribution is 0.171. The van der Waals surface area contributed by atoms with Crippen LogP contribution >= 0.6 is 23.1 Å². The number of aliphatic hydroxyl groups is 1. The van der Waals surface area contributed by atoms with Crippen LogP contribution in [0.2, 0.25) is 0 Å². The van der Waals surface area contributed by atoms with Crippen molar-refractivity contribution < 1.29 is 5.11 Å². The highest BCUT2D eigenvalue weighted by Gasteiger charge is 2.10. The summed E-state index contributed by atoms with van der Waals surface area (Å²) < 4.78 is 1.24. The minimum absolute atomic E-state index is 0.274. The second-order valence-corrected chi connectivity index (χ2v) is 4.28. The van der Waals surface area contributed by atoms with E-state index in [0.717, 1.165) is 12.0 Å². The van der Waals surface area contributed by atoms with E-state index in [-0.39, 0.29) is 6.10 Å². The van der Waals surface area contributed by atoms with E-state index in [2.05, 4.69) is 0 Å². The van der Waals surface area contributed by atoms with Gasteiger partial charge in [-0.25, -0.2) is 0 Å². The Balaban J connectivity index is 2.83. The minimum Gasteiger partial charge on any atom is -0.388 e. The van der Waals surface area contributed by atoms with Gasteiger partial charge >= 0.3 is 0 Å². The molecule has 1 aromatic heterocycles. The van der Waals surface area contributed by atoms with Crippen LogP contribution in [-0.4, -0.2) is 11.4 Å². The first kappa shape index (κ1) is 9.10. The summed E-state index contributed by atoms with van der Waals surface area (Å²) in [5, 5.41) is 11.6. The van der Waals surface area contributed by atoms with Crippen molar-refractivity contribution in [3.8, 4) is 0 Å². The summed E-state index contributed by atoms with van der Waals surface area (Å²) in [6.07, 6.45) is 2.56. The molecule has 0 radical (unpaired) electrons. The smallest absolute Gasteiger partial charge is 0.0806 e. The highest BCUT2D eigenvalue weighted by molar-refractivity contribution is 8.00. The zero-order valence-corrected chi connectivity index (χ0v) is 8.34. The molecule has 3 heteroatoms. The van der Waals surface area contributed by atoms with Crippen LogP contribution in [0.1, 0.15) is 25.0 Å². The average molecular weight is 188 g/mol. The van der Waals surface area contributed by atoms with Crippen LogP contribution in [0.3, 0.4) is 0 Å². The monoisotopic (exact) mass is 188 g/mol. The molecule has 62 valence electrons. The quantitative estimate of drug-likeness (QED) is 0.736. The second kappa shape index (κ2) is 4.14. The van der Waals surface area contributed by atoms with E-state index < -0.39 is 0 Å². The Morgan fingerprint density at radius 3 is 3.00 bits per heavy atom. The number of hydrogen-bond donors (Lipinski definition) is 1. The number of aliphatic hydroxyl groups excluding tert-OH is 1. The largest absolute Gasteiger partial charge is 0.388 e. The molecule has 0 aliphatic rings. The Hall–Kier alpha value is 0.01000. The van der Waals surface area contributed by atoms with Gasteiger partial charge in [0.2, 0.25) is 0 Å². The molecule has 0 bridgehead atoms. The minimum atomic E-state index is -0.274. The molecule has 1 heterocycles. The van der Waals surface area contributed by atoms with Gasteiger partial charge in [0.05, 0.1) is 10.3 Å². The molecule has 1 N–H and O–H groups in total. The molecule has 0 saturated carbocycles. The van der Waals surface area contributed by atoms with Crippen LogP contribution in [0, 0.1) is 0 Å². The van der Waals surface area contributed by atoms with E-state index in [1.165, 1.54) is 4.21 Å². The molecule has 0 amide bonds. The van der Waals surface area contributed by atoms with Gasteiger partial charge in [-0.1, -0.05) is 6.92 Å². The topological polar surface area (TPSA) is 20.2 Å². The molecule has 0 aromatic carbocycles. The van der Waals surface area contributed by atoms with Gasteiger partial charge < -0.3 is 5.11 Å². The van der Waals surface area contributed by atoms with Crippen LogP contribution in [0.4, 0.5) is 0 Å². The standard InChI is InChI=1S/C8H12OS2/c1-3-7(9)6-4-5-11-8(6)10-2/h4-5,7,9H,3H2,1-2H3. The first-order chi connectivity index (χ1) is 5.29. The maximum Gasteiger partial charge on any atom is 0.0806 e. The maximum atomic E-state index is 9.52. The van der Waals surface area contributed by atoms with E-state index in [4.69, 9.17) is 0 Å². The molecule has 0 fully saturated rings. The first-order valence-electron chi connectivity index (χ1n) is 3.59. The SMILES string of the molecule is CCC(O)c1ccsc1SC. The molecule has 1 aromatic rings. The van der Waals surface area contributed by atoms with E-state index in [0.29, 0.717) is 0 Å². The molecule has 0 saturated heterocycles. The lowest BCUT2D eigenvalue weighted by atomic mass is 10.1. The van der Waals surface area contributed by atoms with Gasteiger partial charge in [-0.3, -0.25) is 0 Å². The highest BCUT2D eigenvalue weighted by Crippen LogP contribution is 2.32. The zero-order chi connectivity index (χ0) is 8.27. The van der Waals surface area contributed by atoms with Crippen molar-refractivity contribution in [2.45, 2.75) is 23.7 Å². The van der Waals surface area contributed by atoms with Crippen molar-refractivity contribution in [2.75, 3.05) is 6.26 Å². The van der Waals surface area contributed by atoms with Gasteiger partial charge in [-0.15, -0.1) is 23.1 Å². The van der Waals surface area contributed by atoms with Gasteiger partial charge in [0.15, 0.2) is 0 Å². The fourth-order valence-electron chi connectivity index (χ4n) is 0.938. The summed E-state index contributed by atoms with van der Waals surface area (Å²) >= 11 is 3.40. The van der Waals surface area contributed by atoms with Crippen LogP contribution in [-0.2, 0) is 0 Å². The Bertz CT molecular complexity index is 220. The van der Waals surface area contributed by atoms with Crippen molar-refractivity contribution in [1.29, 1.82) is 0 Å². The predicted molar refractivity (Wildman–Crippen MR) is 51.4 cm³/mol. The lowest BCUT2D eigenvalue weighted by Gasteiger charge is -2.06. The first-order valence-corrected chi connectivity index (χ1v) is 5.69. The Labute approximate surface area is 75.4 Å². The van der Waals surface area contributed by atoms with Gasteiger partial charge in [-0.05, 0) is 24.1 Å². The van der Waals surface area contributed by atoms with Crippen molar-refractivity contribution in [3.05, 3.63) is 17.0 Å². The number of rotatable bonds is 3. The highest BCUT2D eigenvalue weighted by atomic mass is 32.2. The molecule has 0 spiro atoms. The zero-order valence-electron chi connectivity index (χ0n) is 6.70. The van der Waals surface area contributed by atoms with E-state index in [1.807, 2.05) is 24.6 Å². The van der Waals surface area contributed by atoms with E-state index >= 15 is 0 Å². The Kier molecular flexibility index (Phi) is 3.43. The summed E-state index contributed by atoms with van der Waals surface area (Å²) in [5.74, 6) is 0. The molecule has 0 aliphatic heterocycles. The molecule has 1 rings (SSSR count). The molecular formula is C8H12OS2. The third kappa shape index (κ3) is 1.98. The van der Waals surface area contributed by atoms with E-state index in [9.17, 15) is 5.11 Å². The number of thiophene rings is 1.